The normalized spacial score (nSPS) is 26.2. The minimum absolute atomic E-state index is 0.00177. The van der Waals surface area contributed by atoms with Gasteiger partial charge in [-0.05, 0) is 38.2 Å². The number of aliphatic hydroxyl groups is 1. The van der Waals surface area contributed by atoms with Gasteiger partial charge in [0.05, 0.1) is 18.4 Å². The fourth-order valence-corrected chi connectivity index (χ4v) is 3.98. The first kappa shape index (κ1) is 17.2. The molecule has 3 heterocycles. The van der Waals surface area contributed by atoms with Crippen LogP contribution in [-0.2, 0) is 11.2 Å². The lowest BCUT2D eigenvalue weighted by Crippen LogP contribution is -2.53. The molecule has 1 amide bonds. The van der Waals surface area contributed by atoms with Crippen LogP contribution in [0, 0.1) is 5.92 Å². The van der Waals surface area contributed by atoms with Gasteiger partial charge in [-0.15, -0.1) is 0 Å². The van der Waals surface area contributed by atoms with Gasteiger partial charge in [0.2, 0.25) is 5.88 Å². The van der Waals surface area contributed by atoms with E-state index in [1.165, 1.54) is 7.11 Å². The first-order valence-corrected chi connectivity index (χ1v) is 8.64. The average Bonchev–Trinajstić information content (AvgIpc) is 2.77. The number of hydrogen-bond acceptors (Lipinski definition) is 5. The van der Waals surface area contributed by atoms with Crippen LogP contribution in [0.25, 0.3) is 0 Å². The van der Waals surface area contributed by atoms with Gasteiger partial charge < -0.3 is 19.5 Å². The van der Waals surface area contributed by atoms with Crippen molar-refractivity contribution in [3.05, 3.63) is 23.4 Å². The number of hydrogen-bond donors (Lipinski definition) is 1. The molecule has 0 aliphatic carbocycles. The highest BCUT2D eigenvalue weighted by Gasteiger charge is 2.43. The van der Waals surface area contributed by atoms with Crippen molar-refractivity contribution in [1.29, 1.82) is 0 Å². The number of pyridine rings is 1. The molecule has 1 saturated heterocycles. The molecule has 24 heavy (non-hydrogen) atoms. The van der Waals surface area contributed by atoms with Crippen molar-refractivity contribution in [3.63, 3.8) is 0 Å². The summed E-state index contributed by atoms with van der Waals surface area (Å²) in [6.07, 6.45) is 3.92. The summed E-state index contributed by atoms with van der Waals surface area (Å²) >= 11 is 0. The maximum atomic E-state index is 13.0. The average molecular weight is 334 g/mol. The van der Waals surface area contributed by atoms with E-state index in [1.807, 2.05) is 11.8 Å². The smallest absolute Gasteiger partial charge is 0.255 e. The maximum Gasteiger partial charge on any atom is 0.255 e. The molecule has 0 saturated carbocycles. The monoisotopic (exact) mass is 334 g/mol. The first-order chi connectivity index (χ1) is 11.5. The van der Waals surface area contributed by atoms with Crippen LogP contribution in [0.1, 0.15) is 48.7 Å². The van der Waals surface area contributed by atoms with Gasteiger partial charge in [0.1, 0.15) is 0 Å². The Morgan fingerprint density at radius 1 is 1.33 bits per heavy atom. The SMILES string of the molecule is CCC(O)(OC)C1CCC2CCc3nc(OC)ccc3C(=O)N2C1. The quantitative estimate of drug-likeness (QED) is 0.853. The van der Waals surface area contributed by atoms with Crippen molar-refractivity contribution >= 4 is 5.91 Å². The van der Waals surface area contributed by atoms with Crippen molar-refractivity contribution in [2.75, 3.05) is 20.8 Å². The maximum absolute atomic E-state index is 13.0. The predicted molar refractivity (Wildman–Crippen MR) is 88.9 cm³/mol. The molecular formula is C18H26N2O4. The molecule has 3 unspecified atom stereocenters. The Balaban J connectivity index is 1.88. The van der Waals surface area contributed by atoms with E-state index < -0.39 is 5.79 Å². The molecule has 0 spiro atoms. The zero-order chi connectivity index (χ0) is 17.3. The molecule has 1 aromatic rings. The summed E-state index contributed by atoms with van der Waals surface area (Å²) in [5.41, 5.74) is 1.46. The van der Waals surface area contributed by atoms with Crippen LogP contribution >= 0.6 is 0 Å². The summed E-state index contributed by atoms with van der Waals surface area (Å²) in [6.45, 7) is 2.43. The number of ether oxygens (including phenoxy) is 2. The topological polar surface area (TPSA) is 71.9 Å². The van der Waals surface area contributed by atoms with Gasteiger partial charge in [-0.2, -0.15) is 0 Å². The summed E-state index contributed by atoms with van der Waals surface area (Å²) in [6, 6.07) is 3.74. The van der Waals surface area contributed by atoms with Crippen LogP contribution < -0.4 is 4.74 Å². The molecule has 1 N–H and O–H groups in total. The molecule has 2 aliphatic rings. The number of aromatic nitrogens is 1. The zero-order valence-corrected chi connectivity index (χ0v) is 14.6. The predicted octanol–water partition coefficient (Wildman–Crippen LogP) is 2.00. The Kier molecular flexibility index (Phi) is 4.78. The van der Waals surface area contributed by atoms with Gasteiger partial charge in [0, 0.05) is 31.7 Å². The second-order valence-electron chi connectivity index (χ2n) is 6.67. The van der Waals surface area contributed by atoms with Gasteiger partial charge in [0.25, 0.3) is 5.91 Å². The molecule has 3 rings (SSSR count). The van der Waals surface area contributed by atoms with Crippen LogP contribution in [0.5, 0.6) is 5.88 Å². The molecule has 2 aliphatic heterocycles. The standard InChI is InChI=1S/C18H26N2O4/c1-4-18(22,24-3)12-5-6-13-7-9-15-14(17(21)20(13)11-12)8-10-16(19-15)23-2/h8,10,12-13,22H,4-7,9,11H2,1-3H3. The minimum atomic E-state index is -1.17. The molecule has 0 aromatic carbocycles. The number of carbonyl (C=O) groups is 1. The van der Waals surface area contributed by atoms with Crippen LogP contribution in [0.15, 0.2) is 12.1 Å². The third-order valence-electron chi connectivity index (χ3n) is 5.57. The van der Waals surface area contributed by atoms with Crippen LogP contribution in [0.2, 0.25) is 0 Å². The lowest BCUT2D eigenvalue weighted by atomic mass is 9.84. The summed E-state index contributed by atoms with van der Waals surface area (Å²) in [7, 11) is 3.11. The number of aryl methyl sites for hydroxylation is 1. The lowest BCUT2D eigenvalue weighted by Gasteiger charge is -2.44. The van der Waals surface area contributed by atoms with Crippen LogP contribution in [0.3, 0.4) is 0 Å². The highest BCUT2D eigenvalue weighted by atomic mass is 16.6. The van der Waals surface area contributed by atoms with E-state index >= 15 is 0 Å². The van der Waals surface area contributed by atoms with E-state index in [-0.39, 0.29) is 17.9 Å². The molecule has 1 aromatic heterocycles. The van der Waals surface area contributed by atoms with E-state index in [0.29, 0.717) is 24.4 Å². The van der Waals surface area contributed by atoms with E-state index in [9.17, 15) is 9.90 Å². The largest absolute Gasteiger partial charge is 0.481 e. The highest BCUT2D eigenvalue weighted by Crippen LogP contribution is 2.36. The van der Waals surface area contributed by atoms with E-state index in [2.05, 4.69) is 4.98 Å². The van der Waals surface area contributed by atoms with Gasteiger partial charge in [0.15, 0.2) is 5.79 Å². The first-order valence-electron chi connectivity index (χ1n) is 8.64. The van der Waals surface area contributed by atoms with Crippen molar-refractivity contribution < 1.29 is 19.4 Å². The van der Waals surface area contributed by atoms with E-state index in [1.54, 1.807) is 19.2 Å². The minimum Gasteiger partial charge on any atom is -0.481 e. The molecule has 6 nitrogen and oxygen atoms in total. The van der Waals surface area contributed by atoms with Gasteiger partial charge in [-0.3, -0.25) is 4.79 Å². The summed E-state index contributed by atoms with van der Waals surface area (Å²) in [5.74, 6) is -0.695. The Labute approximate surface area is 142 Å². The Hall–Kier alpha value is -1.66. The number of amides is 1. The van der Waals surface area contributed by atoms with Crippen molar-refractivity contribution in [1.82, 2.24) is 9.88 Å². The van der Waals surface area contributed by atoms with Crippen LogP contribution in [-0.4, -0.2) is 53.5 Å². The Morgan fingerprint density at radius 3 is 2.79 bits per heavy atom. The lowest BCUT2D eigenvalue weighted by molar-refractivity contribution is -0.231. The molecule has 0 radical (unpaired) electrons. The summed E-state index contributed by atoms with van der Waals surface area (Å²) in [5, 5.41) is 10.7. The van der Waals surface area contributed by atoms with Crippen molar-refractivity contribution in [2.45, 2.75) is 50.9 Å². The fraction of sp³-hybridized carbons (Fsp3) is 0.667. The highest BCUT2D eigenvalue weighted by molar-refractivity contribution is 5.96. The van der Waals surface area contributed by atoms with Crippen molar-refractivity contribution in [3.8, 4) is 5.88 Å². The van der Waals surface area contributed by atoms with Crippen LogP contribution in [0.4, 0.5) is 0 Å². The number of carbonyl (C=O) groups excluding carboxylic acids is 1. The summed E-state index contributed by atoms with van der Waals surface area (Å²) < 4.78 is 10.5. The zero-order valence-electron chi connectivity index (χ0n) is 14.6. The third kappa shape index (κ3) is 2.89. The third-order valence-corrected chi connectivity index (χ3v) is 5.57. The molecule has 3 atom stereocenters. The number of piperidine rings is 1. The number of fused-ring (bicyclic) bond motifs is 2. The Morgan fingerprint density at radius 2 is 2.12 bits per heavy atom. The second kappa shape index (κ2) is 6.69. The molecular weight excluding hydrogens is 308 g/mol. The number of methoxy groups -OCH3 is 2. The number of nitrogens with zero attached hydrogens (tertiary/aromatic N) is 2. The van der Waals surface area contributed by atoms with E-state index in [0.717, 1.165) is 31.4 Å². The van der Waals surface area contributed by atoms with Gasteiger partial charge in [-0.25, -0.2) is 4.98 Å². The fourth-order valence-electron chi connectivity index (χ4n) is 3.98. The molecule has 6 heteroatoms. The number of rotatable bonds is 4. The molecule has 1 fully saturated rings. The van der Waals surface area contributed by atoms with Gasteiger partial charge >= 0.3 is 0 Å². The molecule has 132 valence electrons. The summed E-state index contributed by atoms with van der Waals surface area (Å²) in [4.78, 5) is 19.4. The van der Waals surface area contributed by atoms with E-state index in [4.69, 9.17) is 9.47 Å². The van der Waals surface area contributed by atoms with Gasteiger partial charge in [-0.1, -0.05) is 6.92 Å². The Bertz CT molecular complexity index is 615. The van der Waals surface area contributed by atoms with Crippen molar-refractivity contribution in [2.24, 2.45) is 5.92 Å². The molecule has 0 bridgehead atoms. The second-order valence-corrected chi connectivity index (χ2v) is 6.67.